The summed E-state index contributed by atoms with van der Waals surface area (Å²) in [5, 5.41) is 0.901. The van der Waals surface area contributed by atoms with Crippen molar-refractivity contribution in [3.8, 4) is 0 Å². The molecule has 2 aromatic carbocycles. The molecule has 0 aliphatic heterocycles. The van der Waals surface area contributed by atoms with E-state index in [0.717, 1.165) is 4.31 Å². The number of hydrogen-bond donors (Lipinski definition) is 0. The van der Waals surface area contributed by atoms with E-state index in [4.69, 9.17) is 34.8 Å². The standard InChI is InChI=1S/C15H12Cl3NO2S/c1-2-10-19(14-5-3-4-13(17)15(14)18)22(20,21)12-8-6-11(16)7-9-12/h2-9H,1,10H2. The van der Waals surface area contributed by atoms with Crippen molar-refractivity contribution in [3.05, 3.63) is 70.2 Å². The van der Waals surface area contributed by atoms with Gasteiger partial charge in [-0.2, -0.15) is 0 Å². The fourth-order valence-electron chi connectivity index (χ4n) is 1.86. The molecule has 2 rings (SSSR count). The lowest BCUT2D eigenvalue weighted by Crippen LogP contribution is -2.31. The van der Waals surface area contributed by atoms with Gasteiger partial charge in [0.15, 0.2) is 0 Å². The van der Waals surface area contributed by atoms with Crippen LogP contribution < -0.4 is 4.31 Å². The lowest BCUT2D eigenvalue weighted by molar-refractivity contribution is 0.593. The van der Waals surface area contributed by atoms with Gasteiger partial charge >= 0.3 is 0 Å². The third kappa shape index (κ3) is 3.41. The monoisotopic (exact) mass is 375 g/mol. The second-order valence-corrected chi connectivity index (χ2v) is 7.44. The van der Waals surface area contributed by atoms with E-state index in [-0.39, 0.29) is 21.5 Å². The summed E-state index contributed by atoms with van der Waals surface area (Å²) in [7, 11) is -3.81. The quantitative estimate of drug-likeness (QED) is 0.686. The van der Waals surface area contributed by atoms with Gasteiger partial charge < -0.3 is 0 Å². The Bertz CT molecular complexity index is 789. The minimum absolute atomic E-state index is 0.0605. The van der Waals surface area contributed by atoms with Crippen LogP contribution in [0.4, 0.5) is 5.69 Å². The Labute approximate surface area is 144 Å². The van der Waals surface area contributed by atoms with E-state index in [2.05, 4.69) is 6.58 Å². The van der Waals surface area contributed by atoms with Crippen LogP contribution in [0.15, 0.2) is 60.0 Å². The molecule has 2 aromatic rings. The van der Waals surface area contributed by atoms with Crippen molar-refractivity contribution in [2.75, 3.05) is 10.8 Å². The second-order valence-electron chi connectivity index (χ2n) is 4.35. The first-order valence-electron chi connectivity index (χ1n) is 6.21. The average molecular weight is 377 g/mol. The van der Waals surface area contributed by atoms with E-state index in [9.17, 15) is 8.42 Å². The highest BCUT2D eigenvalue weighted by atomic mass is 35.5. The predicted octanol–water partition coefficient (Wildman–Crippen LogP) is 5.03. The number of halogens is 3. The fraction of sp³-hybridized carbons (Fsp3) is 0.0667. The summed E-state index contributed by atoms with van der Waals surface area (Å²) in [5.74, 6) is 0. The number of nitrogens with zero attached hydrogens (tertiary/aromatic N) is 1. The van der Waals surface area contributed by atoms with E-state index in [1.54, 1.807) is 18.2 Å². The van der Waals surface area contributed by atoms with Gasteiger partial charge in [-0.05, 0) is 36.4 Å². The maximum Gasteiger partial charge on any atom is 0.264 e. The Balaban J connectivity index is 2.58. The molecule has 0 unspecified atom stereocenters. The molecule has 0 aliphatic carbocycles. The van der Waals surface area contributed by atoms with Crippen molar-refractivity contribution >= 4 is 50.5 Å². The molecule has 116 valence electrons. The van der Waals surface area contributed by atoms with Crippen molar-refractivity contribution in [3.63, 3.8) is 0 Å². The Morgan fingerprint density at radius 1 is 1.05 bits per heavy atom. The van der Waals surface area contributed by atoms with Gasteiger partial charge in [0.25, 0.3) is 10.0 Å². The van der Waals surface area contributed by atoms with Crippen LogP contribution in [0.2, 0.25) is 15.1 Å². The van der Waals surface area contributed by atoms with Gasteiger partial charge in [-0.15, -0.1) is 6.58 Å². The van der Waals surface area contributed by atoms with Crippen LogP contribution in [0.5, 0.6) is 0 Å². The molecule has 7 heteroatoms. The fourth-order valence-corrected chi connectivity index (χ4v) is 3.88. The summed E-state index contributed by atoms with van der Waals surface area (Å²) in [6.45, 7) is 3.66. The third-order valence-electron chi connectivity index (χ3n) is 2.90. The molecule has 0 aliphatic rings. The van der Waals surface area contributed by atoms with Crippen LogP contribution in [0.3, 0.4) is 0 Å². The van der Waals surface area contributed by atoms with Crippen LogP contribution >= 0.6 is 34.8 Å². The number of sulfonamides is 1. The summed E-state index contributed by atoms with van der Waals surface area (Å²) < 4.78 is 26.8. The highest BCUT2D eigenvalue weighted by Crippen LogP contribution is 2.35. The highest BCUT2D eigenvalue weighted by Gasteiger charge is 2.26. The summed E-state index contributed by atoms with van der Waals surface area (Å²) in [6, 6.07) is 10.7. The van der Waals surface area contributed by atoms with Crippen molar-refractivity contribution in [1.29, 1.82) is 0 Å². The molecule has 0 saturated heterocycles. The molecule has 0 aromatic heterocycles. The molecule has 0 atom stereocenters. The molecule has 0 fully saturated rings. The maximum atomic E-state index is 12.8. The zero-order valence-electron chi connectivity index (χ0n) is 11.3. The smallest absolute Gasteiger partial charge is 0.261 e. The Kier molecular flexibility index (Phi) is 5.40. The van der Waals surface area contributed by atoms with Crippen LogP contribution in [0.25, 0.3) is 0 Å². The summed E-state index contributed by atoms with van der Waals surface area (Å²) in [4.78, 5) is 0.106. The molecule has 0 spiro atoms. The number of benzene rings is 2. The first-order valence-corrected chi connectivity index (χ1v) is 8.78. The summed E-state index contributed by atoms with van der Waals surface area (Å²) in [6.07, 6.45) is 1.48. The van der Waals surface area contributed by atoms with E-state index in [0.29, 0.717) is 10.7 Å². The van der Waals surface area contributed by atoms with Gasteiger partial charge in [0.2, 0.25) is 0 Å². The highest BCUT2D eigenvalue weighted by molar-refractivity contribution is 7.92. The van der Waals surface area contributed by atoms with E-state index >= 15 is 0 Å². The molecule has 0 amide bonds. The van der Waals surface area contributed by atoms with Gasteiger partial charge in [-0.1, -0.05) is 46.9 Å². The van der Waals surface area contributed by atoms with Crippen molar-refractivity contribution in [2.24, 2.45) is 0 Å². The van der Waals surface area contributed by atoms with Gasteiger partial charge in [0.1, 0.15) is 0 Å². The van der Waals surface area contributed by atoms with E-state index in [1.807, 2.05) is 0 Å². The second kappa shape index (κ2) is 6.92. The molecular formula is C15H12Cl3NO2S. The maximum absolute atomic E-state index is 12.8. The Hall–Kier alpha value is -1.20. The first-order chi connectivity index (χ1) is 10.4. The number of anilines is 1. The van der Waals surface area contributed by atoms with Gasteiger partial charge in [0, 0.05) is 5.02 Å². The zero-order chi connectivity index (χ0) is 16.3. The molecule has 3 nitrogen and oxygen atoms in total. The minimum atomic E-state index is -3.81. The predicted molar refractivity (Wildman–Crippen MR) is 92.6 cm³/mol. The average Bonchev–Trinajstić information content (AvgIpc) is 2.48. The first kappa shape index (κ1) is 17.2. The number of rotatable bonds is 5. The Morgan fingerprint density at radius 2 is 1.68 bits per heavy atom. The molecule has 0 bridgehead atoms. The largest absolute Gasteiger partial charge is 0.264 e. The summed E-state index contributed by atoms with van der Waals surface area (Å²) >= 11 is 17.9. The summed E-state index contributed by atoms with van der Waals surface area (Å²) in [5.41, 5.74) is 0.295. The van der Waals surface area contributed by atoms with Gasteiger partial charge in [-0.3, -0.25) is 4.31 Å². The van der Waals surface area contributed by atoms with Crippen LogP contribution in [-0.4, -0.2) is 15.0 Å². The van der Waals surface area contributed by atoms with Crippen molar-refractivity contribution in [2.45, 2.75) is 4.90 Å². The topological polar surface area (TPSA) is 37.4 Å². The number of hydrogen-bond acceptors (Lipinski definition) is 2. The molecular weight excluding hydrogens is 365 g/mol. The van der Waals surface area contributed by atoms with Crippen LogP contribution in [0, 0.1) is 0 Å². The molecule has 0 radical (unpaired) electrons. The molecule has 22 heavy (non-hydrogen) atoms. The van der Waals surface area contributed by atoms with Crippen LogP contribution in [-0.2, 0) is 10.0 Å². The molecule has 0 N–H and O–H groups in total. The van der Waals surface area contributed by atoms with E-state index < -0.39 is 10.0 Å². The lowest BCUT2D eigenvalue weighted by Gasteiger charge is -2.24. The zero-order valence-corrected chi connectivity index (χ0v) is 14.4. The Morgan fingerprint density at radius 3 is 2.27 bits per heavy atom. The molecule has 0 heterocycles. The van der Waals surface area contributed by atoms with Crippen LogP contribution in [0.1, 0.15) is 0 Å². The molecule has 0 saturated carbocycles. The van der Waals surface area contributed by atoms with Gasteiger partial charge in [0.05, 0.1) is 27.2 Å². The normalized spacial score (nSPS) is 11.2. The van der Waals surface area contributed by atoms with Crippen molar-refractivity contribution in [1.82, 2.24) is 0 Å². The van der Waals surface area contributed by atoms with E-state index in [1.165, 1.54) is 30.3 Å². The SMILES string of the molecule is C=CCN(c1cccc(Cl)c1Cl)S(=O)(=O)c1ccc(Cl)cc1. The minimum Gasteiger partial charge on any atom is -0.261 e. The third-order valence-corrected chi connectivity index (χ3v) is 5.75. The lowest BCUT2D eigenvalue weighted by atomic mass is 10.3. The van der Waals surface area contributed by atoms with Gasteiger partial charge in [-0.25, -0.2) is 8.42 Å². The van der Waals surface area contributed by atoms with Crippen molar-refractivity contribution < 1.29 is 8.42 Å².